The summed E-state index contributed by atoms with van der Waals surface area (Å²) in [6.07, 6.45) is 4.43. The Morgan fingerprint density at radius 1 is 1.26 bits per heavy atom. The molecule has 0 aromatic carbocycles. The molecule has 2 aromatic heterocycles. The molecular weight excluding hydrogens is 306 g/mol. The molecule has 2 fully saturated rings. The number of piperidine rings is 1. The first kappa shape index (κ1) is 15.3. The topological polar surface area (TPSA) is 44.3 Å². The standard InChI is InChI=1S/C17H25N5S/c1-13-9-15-16(19-12-20-17(15)23-13)22-7-5-21(6-8-22)11-14-3-2-4-18-10-14/h9,12,14,18H,2-8,10-11H2,1H3. The highest BCUT2D eigenvalue weighted by molar-refractivity contribution is 7.18. The molecule has 124 valence electrons. The molecule has 2 aliphatic rings. The summed E-state index contributed by atoms with van der Waals surface area (Å²) >= 11 is 1.76. The number of fused-ring (bicyclic) bond motifs is 1. The van der Waals surface area contributed by atoms with Crippen LogP contribution in [0.15, 0.2) is 12.4 Å². The fourth-order valence-corrected chi connectivity index (χ4v) is 4.64. The van der Waals surface area contributed by atoms with Crippen LogP contribution < -0.4 is 10.2 Å². The fourth-order valence-electron chi connectivity index (χ4n) is 3.80. The van der Waals surface area contributed by atoms with E-state index in [4.69, 9.17) is 0 Å². The molecule has 1 unspecified atom stereocenters. The van der Waals surface area contributed by atoms with Crippen molar-refractivity contribution in [2.24, 2.45) is 5.92 Å². The average molecular weight is 331 g/mol. The molecule has 0 spiro atoms. The Morgan fingerprint density at radius 2 is 2.13 bits per heavy atom. The minimum absolute atomic E-state index is 0.834. The van der Waals surface area contributed by atoms with Gasteiger partial charge < -0.3 is 10.2 Å². The number of hydrogen-bond acceptors (Lipinski definition) is 6. The van der Waals surface area contributed by atoms with Crippen LogP contribution in [0.5, 0.6) is 0 Å². The van der Waals surface area contributed by atoms with E-state index < -0.39 is 0 Å². The molecule has 6 heteroatoms. The van der Waals surface area contributed by atoms with Gasteiger partial charge in [-0.1, -0.05) is 0 Å². The van der Waals surface area contributed by atoms with Crippen molar-refractivity contribution in [2.45, 2.75) is 19.8 Å². The van der Waals surface area contributed by atoms with Gasteiger partial charge in [0.1, 0.15) is 17.0 Å². The molecule has 4 rings (SSSR count). The second-order valence-corrected chi connectivity index (χ2v) is 8.01. The molecule has 0 amide bonds. The summed E-state index contributed by atoms with van der Waals surface area (Å²) in [5, 5.41) is 4.75. The van der Waals surface area contributed by atoms with Crippen molar-refractivity contribution < 1.29 is 0 Å². The van der Waals surface area contributed by atoms with Crippen molar-refractivity contribution in [1.29, 1.82) is 0 Å². The summed E-state index contributed by atoms with van der Waals surface area (Å²) in [7, 11) is 0. The van der Waals surface area contributed by atoms with Crippen molar-refractivity contribution >= 4 is 27.4 Å². The molecule has 2 aliphatic heterocycles. The number of hydrogen-bond donors (Lipinski definition) is 1. The van der Waals surface area contributed by atoms with Crippen molar-refractivity contribution in [2.75, 3.05) is 50.7 Å². The van der Waals surface area contributed by atoms with E-state index in [0.717, 1.165) is 42.7 Å². The zero-order valence-electron chi connectivity index (χ0n) is 13.8. The minimum Gasteiger partial charge on any atom is -0.353 e. The third-order valence-corrected chi connectivity index (χ3v) is 5.98. The van der Waals surface area contributed by atoms with E-state index in [1.807, 2.05) is 0 Å². The maximum absolute atomic E-state index is 4.58. The van der Waals surface area contributed by atoms with E-state index in [1.54, 1.807) is 17.7 Å². The molecule has 0 saturated carbocycles. The van der Waals surface area contributed by atoms with E-state index in [1.165, 1.54) is 42.7 Å². The monoisotopic (exact) mass is 331 g/mol. The van der Waals surface area contributed by atoms with Crippen molar-refractivity contribution in [3.8, 4) is 0 Å². The Labute approximate surface area is 141 Å². The highest BCUT2D eigenvalue weighted by Crippen LogP contribution is 2.30. The maximum atomic E-state index is 4.58. The Hall–Kier alpha value is -1.24. The summed E-state index contributed by atoms with van der Waals surface area (Å²) in [5.74, 6) is 1.96. The molecular formula is C17H25N5S. The summed E-state index contributed by atoms with van der Waals surface area (Å²) < 4.78 is 0. The van der Waals surface area contributed by atoms with Gasteiger partial charge in [0.05, 0.1) is 5.39 Å². The van der Waals surface area contributed by atoms with Gasteiger partial charge in [-0.15, -0.1) is 11.3 Å². The number of piperazine rings is 1. The van der Waals surface area contributed by atoms with Crippen LogP contribution in [-0.2, 0) is 0 Å². The first-order valence-corrected chi connectivity index (χ1v) is 9.50. The van der Waals surface area contributed by atoms with E-state index in [0.29, 0.717) is 0 Å². The van der Waals surface area contributed by atoms with Crippen LogP contribution in [0.2, 0.25) is 0 Å². The van der Waals surface area contributed by atoms with Crippen LogP contribution >= 0.6 is 11.3 Å². The van der Waals surface area contributed by atoms with E-state index in [9.17, 15) is 0 Å². The molecule has 2 aromatic rings. The van der Waals surface area contributed by atoms with Crippen LogP contribution in [-0.4, -0.2) is 60.7 Å². The lowest BCUT2D eigenvalue weighted by atomic mass is 9.99. The van der Waals surface area contributed by atoms with Crippen LogP contribution in [0.3, 0.4) is 0 Å². The van der Waals surface area contributed by atoms with E-state index >= 15 is 0 Å². The fraction of sp³-hybridized carbons (Fsp3) is 0.647. The van der Waals surface area contributed by atoms with Gasteiger partial charge in [-0.3, -0.25) is 4.90 Å². The van der Waals surface area contributed by atoms with Crippen molar-refractivity contribution in [3.63, 3.8) is 0 Å². The smallest absolute Gasteiger partial charge is 0.140 e. The lowest BCUT2D eigenvalue weighted by Crippen LogP contribution is -2.49. The third kappa shape index (κ3) is 3.34. The molecule has 5 nitrogen and oxygen atoms in total. The molecule has 23 heavy (non-hydrogen) atoms. The van der Waals surface area contributed by atoms with Gasteiger partial charge >= 0.3 is 0 Å². The molecule has 0 aliphatic carbocycles. The SMILES string of the molecule is Cc1cc2c(N3CCN(CC4CCCNC4)CC3)ncnc2s1. The lowest BCUT2D eigenvalue weighted by molar-refractivity contribution is 0.198. The first-order valence-electron chi connectivity index (χ1n) is 8.69. The van der Waals surface area contributed by atoms with Crippen LogP contribution in [0.1, 0.15) is 17.7 Å². The van der Waals surface area contributed by atoms with Gasteiger partial charge in [0.2, 0.25) is 0 Å². The maximum Gasteiger partial charge on any atom is 0.140 e. The number of rotatable bonds is 3. The molecule has 1 N–H and O–H groups in total. The zero-order chi connectivity index (χ0) is 15.6. The predicted molar refractivity (Wildman–Crippen MR) is 96.4 cm³/mol. The third-order valence-electron chi connectivity index (χ3n) is 5.02. The Balaban J connectivity index is 1.40. The van der Waals surface area contributed by atoms with Gasteiger partial charge in [0, 0.05) is 37.6 Å². The van der Waals surface area contributed by atoms with Crippen molar-refractivity contribution in [1.82, 2.24) is 20.2 Å². The number of nitrogens with one attached hydrogen (secondary N) is 1. The normalized spacial score (nSPS) is 23.5. The van der Waals surface area contributed by atoms with Gasteiger partial charge in [0.15, 0.2) is 0 Å². The Kier molecular flexibility index (Phi) is 4.46. The summed E-state index contributed by atoms with van der Waals surface area (Å²) in [6, 6.07) is 2.23. The predicted octanol–water partition coefficient (Wildman–Crippen LogP) is 2.12. The number of nitrogens with zero attached hydrogens (tertiary/aromatic N) is 4. The second-order valence-electron chi connectivity index (χ2n) is 6.77. The Morgan fingerprint density at radius 3 is 2.91 bits per heavy atom. The van der Waals surface area contributed by atoms with Crippen LogP contribution in [0, 0.1) is 12.8 Å². The molecule has 0 bridgehead atoms. The molecule has 4 heterocycles. The minimum atomic E-state index is 0.834. The molecule has 1 atom stereocenters. The molecule has 0 radical (unpaired) electrons. The first-order chi connectivity index (χ1) is 11.3. The summed E-state index contributed by atoms with van der Waals surface area (Å²) in [6.45, 7) is 10.2. The summed E-state index contributed by atoms with van der Waals surface area (Å²) in [4.78, 5) is 16.5. The quantitative estimate of drug-likeness (QED) is 0.933. The number of aromatic nitrogens is 2. The Bertz CT molecular complexity index is 656. The van der Waals surface area contributed by atoms with Crippen molar-refractivity contribution in [3.05, 3.63) is 17.3 Å². The van der Waals surface area contributed by atoms with E-state index in [-0.39, 0.29) is 0 Å². The number of thiophene rings is 1. The lowest BCUT2D eigenvalue weighted by Gasteiger charge is -2.38. The van der Waals surface area contributed by atoms with Gasteiger partial charge in [-0.2, -0.15) is 0 Å². The largest absolute Gasteiger partial charge is 0.353 e. The van der Waals surface area contributed by atoms with Crippen LogP contribution in [0.4, 0.5) is 5.82 Å². The zero-order valence-corrected chi connectivity index (χ0v) is 14.6. The second kappa shape index (κ2) is 6.71. The molecule has 2 saturated heterocycles. The van der Waals surface area contributed by atoms with E-state index in [2.05, 4.69) is 38.1 Å². The average Bonchev–Trinajstić information content (AvgIpc) is 2.97. The van der Waals surface area contributed by atoms with Gasteiger partial charge in [-0.05, 0) is 44.8 Å². The van der Waals surface area contributed by atoms with Gasteiger partial charge in [-0.25, -0.2) is 9.97 Å². The highest BCUT2D eigenvalue weighted by atomic mass is 32.1. The summed E-state index contributed by atoms with van der Waals surface area (Å²) in [5.41, 5.74) is 0. The highest BCUT2D eigenvalue weighted by Gasteiger charge is 2.23. The number of aryl methyl sites for hydroxylation is 1. The van der Waals surface area contributed by atoms with Gasteiger partial charge in [0.25, 0.3) is 0 Å². The van der Waals surface area contributed by atoms with Crippen LogP contribution in [0.25, 0.3) is 10.2 Å². The number of anilines is 1.